The lowest BCUT2D eigenvalue weighted by Gasteiger charge is -2.11. The predicted molar refractivity (Wildman–Crippen MR) is 129 cm³/mol. The Kier molecular flexibility index (Phi) is 7.19. The molecule has 0 bridgehead atoms. The van der Waals surface area contributed by atoms with Gasteiger partial charge >= 0.3 is 0 Å². The van der Waals surface area contributed by atoms with Crippen LogP contribution in [0.15, 0.2) is 84.0 Å². The minimum Gasteiger partial charge on any atom is -0.497 e. The van der Waals surface area contributed by atoms with E-state index >= 15 is 0 Å². The number of nitrogens with zero attached hydrogens (tertiary/aromatic N) is 2. The van der Waals surface area contributed by atoms with E-state index in [0.717, 1.165) is 22.4 Å². The van der Waals surface area contributed by atoms with Gasteiger partial charge in [-0.3, -0.25) is 9.89 Å². The van der Waals surface area contributed by atoms with Gasteiger partial charge in [-0.1, -0.05) is 30.3 Å². The van der Waals surface area contributed by atoms with Crippen LogP contribution in [0.2, 0.25) is 0 Å². The molecule has 34 heavy (non-hydrogen) atoms. The number of nitrogens with one attached hydrogen (secondary N) is 2. The Morgan fingerprint density at radius 2 is 1.76 bits per heavy atom. The number of hydrogen-bond donors (Lipinski definition) is 2. The quantitative estimate of drug-likeness (QED) is 0.287. The molecule has 8 nitrogen and oxygen atoms in total. The molecule has 3 aromatic carbocycles. The average molecular weight is 457 g/mol. The highest BCUT2D eigenvalue weighted by Gasteiger charge is 2.13. The molecule has 4 rings (SSSR count). The molecular formula is C26H24N4O4. The molecule has 0 saturated heterocycles. The topological polar surface area (TPSA) is 97.8 Å². The Labute approximate surface area is 197 Å². The molecule has 0 saturated carbocycles. The number of hydrazone groups is 1. The molecule has 0 aliphatic rings. The van der Waals surface area contributed by atoms with Gasteiger partial charge < -0.3 is 14.2 Å². The van der Waals surface area contributed by atoms with Crippen molar-refractivity contribution in [2.75, 3.05) is 14.2 Å². The molecule has 1 aromatic heterocycles. The van der Waals surface area contributed by atoms with Gasteiger partial charge in [0.1, 0.15) is 18.1 Å². The van der Waals surface area contributed by atoms with Crippen molar-refractivity contribution < 1.29 is 19.0 Å². The van der Waals surface area contributed by atoms with E-state index in [0.29, 0.717) is 23.8 Å². The molecule has 0 unspecified atom stereocenters. The number of amides is 1. The van der Waals surface area contributed by atoms with Crippen LogP contribution in [0, 0.1) is 0 Å². The summed E-state index contributed by atoms with van der Waals surface area (Å²) in [7, 11) is 3.19. The second-order valence-electron chi connectivity index (χ2n) is 7.28. The van der Waals surface area contributed by atoms with Crippen LogP contribution in [0.25, 0.3) is 11.3 Å². The SMILES string of the molecule is COc1ccc(/C=N\NC(=O)c2cc(-c3ccc(OCc4ccccc4)c(OC)c3)n[nH]2)cc1. The number of benzene rings is 3. The first-order valence-corrected chi connectivity index (χ1v) is 10.5. The van der Waals surface area contributed by atoms with Crippen molar-refractivity contribution in [1.82, 2.24) is 15.6 Å². The molecule has 4 aromatic rings. The lowest BCUT2D eigenvalue weighted by molar-refractivity contribution is 0.0950. The van der Waals surface area contributed by atoms with Crippen molar-refractivity contribution in [1.29, 1.82) is 0 Å². The third kappa shape index (κ3) is 5.60. The number of H-pyrrole nitrogens is 1. The van der Waals surface area contributed by atoms with Crippen LogP contribution < -0.4 is 19.6 Å². The number of aromatic nitrogens is 2. The summed E-state index contributed by atoms with van der Waals surface area (Å²) >= 11 is 0. The van der Waals surface area contributed by atoms with Crippen LogP contribution >= 0.6 is 0 Å². The van der Waals surface area contributed by atoms with Gasteiger partial charge in [0.15, 0.2) is 11.5 Å². The zero-order valence-electron chi connectivity index (χ0n) is 18.8. The Hall–Kier alpha value is -4.59. The molecule has 0 aliphatic carbocycles. The van der Waals surface area contributed by atoms with Gasteiger partial charge in [0.05, 0.1) is 26.1 Å². The molecule has 0 radical (unpaired) electrons. The summed E-state index contributed by atoms with van der Waals surface area (Å²) in [6.07, 6.45) is 1.55. The predicted octanol–water partition coefficient (Wildman–Crippen LogP) is 4.44. The van der Waals surface area contributed by atoms with Gasteiger partial charge in [-0.2, -0.15) is 10.2 Å². The van der Waals surface area contributed by atoms with Crippen molar-refractivity contribution in [2.24, 2.45) is 5.10 Å². The Morgan fingerprint density at radius 1 is 0.971 bits per heavy atom. The monoisotopic (exact) mass is 456 g/mol. The van der Waals surface area contributed by atoms with Crippen LogP contribution in [0.4, 0.5) is 0 Å². The van der Waals surface area contributed by atoms with Gasteiger partial charge in [0, 0.05) is 5.56 Å². The molecule has 0 aliphatic heterocycles. The maximum atomic E-state index is 12.4. The fourth-order valence-electron chi connectivity index (χ4n) is 3.18. The van der Waals surface area contributed by atoms with Crippen molar-refractivity contribution in [3.05, 3.63) is 95.7 Å². The summed E-state index contributed by atoms with van der Waals surface area (Å²) < 4.78 is 16.5. The number of rotatable bonds is 9. The molecule has 172 valence electrons. The Balaban J connectivity index is 1.40. The minimum absolute atomic E-state index is 0.283. The molecule has 1 amide bonds. The molecule has 0 spiro atoms. The summed E-state index contributed by atoms with van der Waals surface area (Å²) in [5, 5.41) is 11.0. The number of carbonyl (C=O) groups excluding carboxylic acids is 1. The van der Waals surface area contributed by atoms with Crippen molar-refractivity contribution >= 4 is 12.1 Å². The summed E-state index contributed by atoms with van der Waals surface area (Å²) in [5.74, 6) is 1.54. The number of ether oxygens (including phenoxy) is 3. The van der Waals surface area contributed by atoms with E-state index < -0.39 is 5.91 Å². The van der Waals surface area contributed by atoms with Gasteiger partial charge in [0.2, 0.25) is 0 Å². The molecule has 0 atom stereocenters. The second-order valence-corrected chi connectivity index (χ2v) is 7.28. The third-order valence-corrected chi connectivity index (χ3v) is 5.01. The average Bonchev–Trinajstić information content (AvgIpc) is 3.39. The summed E-state index contributed by atoms with van der Waals surface area (Å²) in [4.78, 5) is 12.4. The van der Waals surface area contributed by atoms with Gasteiger partial charge in [-0.05, 0) is 59.7 Å². The van der Waals surface area contributed by atoms with E-state index in [2.05, 4.69) is 20.7 Å². The van der Waals surface area contributed by atoms with Crippen LogP contribution in [0.1, 0.15) is 21.6 Å². The fraction of sp³-hybridized carbons (Fsp3) is 0.115. The number of aromatic amines is 1. The van der Waals surface area contributed by atoms with Gasteiger partial charge in [-0.25, -0.2) is 5.43 Å². The van der Waals surface area contributed by atoms with E-state index in [9.17, 15) is 4.79 Å². The highest BCUT2D eigenvalue weighted by atomic mass is 16.5. The zero-order valence-corrected chi connectivity index (χ0v) is 18.8. The standard InChI is InChI=1S/C26H24N4O4/c1-32-21-11-8-18(9-12-21)16-27-30-26(31)23-15-22(28-29-23)20-10-13-24(25(14-20)33-2)34-17-19-6-4-3-5-7-19/h3-16H,17H2,1-2H3,(H,28,29)(H,30,31)/b27-16-. The lowest BCUT2D eigenvalue weighted by Crippen LogP contribution is -2.17. The van der Waals surface area contributed by atoms with E-state index in [1.807, 2.05) is 72.8 Å². The summed E-state index contributed by atoms with van der Waals surface area (Å²) in [6, 6.07) is 24.4. The normalized spacial score (nSPS) is 10.8. The van der Waals surface area contributed by atoms with E-state index in [1.165, 1.54) is 0 Å². The van der Waals surface area contributed by atoms with Gasteiger partial charge in [0.25, 0.3) is 5.91 Å². The van der Waals surface area contributed by atoms with E-state index in [1.54, 1.807) is 26.5 Å². The third-order valence-electron chi connectivity index (χ3n) is 5.01. The van der Waals surface area contributed by atoms with Crippen molar-refractivity contribution in [3.63, 3.8) is 0 Å². The highest BCUT2D eigenvalue weighted by Crippen LogP contribution is 2.32. The largest absolute Gasteiger partial charge is 0.497 e. The van der Waals surface area contributed by atoms with Crippen LogP contribution in [0.5, 0.6) is 17.2 Å². The summed E-state index contributed by atoms with van der Waals surface area (Å²) in [6.45, 7) is 0.431. The molecule has 1 heterocycles. The first-order valence-electron chi connectivity index (χ1n) is 10.5. The first kappa shape index (κ1) is 22.6. The van der Waals surface area contributed by atoms with Crippen LogP contribution in [0.3, 0.4) is 0 Å². The molecule has 0 fully saturated rings. The second kappa shape index (κ2) is 10.8. The lowest BCUT2D eigenvalue weighted by atomic mass is 10.1. The fourth-order valence-corrected chi connectivity index (χ4v) is 3.18. The van der Waals surface area contributed by atoms with E-state index in [-0.39, 0.29) is 5.69 Å². The van der Waals surface area contributed by atoms with Crippen LogP contribution in [-0.2, 0) is 6.61 Å². The first-order chi connectivity index (χ1) is 16.7. The maximum Gasteiger partial charge on any atom is 0.289 e. The number of carbonyl (C=O) groups is 1. The van der Waals surface area contributed by atoms with Crippen molar-refractivity contribution in [3.8, 4) is 28.5 Å². The molecular weight excluding hydrogens is 432 g/mol. The molecule has 8 heteroatoms. The maximum absolute atomic E-state index is 12.4. The van der Waals surface area contributed by atoms with Gasteiger partial charge in [-0.15, -0.1) is 0 Å². The van der Waals surface area contributed by atoms with Crippen LogP contribution in [-0.4, -0.2) is 36.5 Å². The highest BCUT2D eigenvalue weighted by molar-refractivity contribution is 5.94. The minimum atomic E-state index is -0.404. The summed E-state index contributed by atoms with van der Waals surface area (Å²) in [5.41, 5.74) is 6.03. The molecule has 2 N–H and O–H groups in total. The number of methoxy groups -OCH3 is 2. The smallest absolute Gasteiger partial charge is 0.289 e. The zero-order chi connectivity index (χ0) is 23.8. The van der Waals surface area contributed by atoms with E-state index in [4.69, 9.17) is 14.2 Å². The van der Waals surface area contributed by atoms with Crippen molar-refractivity contribution in [2.45, 2.75) is 6.61 Å². The number of hydrogen-bond acceptors (Lipinski definition) is 6. The Bertz CT molecular complexity index is 1270. The Morgan fingerprint density at radius 3 is 2.50 bits per heavy atom.